The average molecular weight is 484 g/mol. The number of aryl methyl sites for hydroxylation is 2. The van der Waals surface area contributed by atoms with Crippen LogP contribution in [0, 0.1) is 12.7 Å². The van der Waals surface area contributed by atoms with Gasteiger partial charge in [-0.05, 0) is 62.4 Å². The molecule has 176 valence electrons. The molecule has 1 atom stereocenters. The number of imide groups is 1. The Morgan fingerprint density at radius 1 is 1.12 bits per heavy atom. The van der Waals surface area contributed by atoms with Gasteiger partial charge < -0.3 is 4.74 Å². The number of hydrogen-bond donors (Lipinski definition) is 0. The van der Waals surface area contributed by atoms with Crippen LogP contribution < -0.4 is 5.56 Å². The zero-order valence-corrected chi connectivity index (χ0v) is 19.3. The Hall–Kier alpha value is -3.40. The van der Waals surface area contributed by atoms with Crippen molar-refractivity contribution in [2.24, 2.45) is 0 Å². The maximum atomic E-state index is 13.2. The summed E-state index contributed by atoms with van der Waals surface area (Å²) in [6, 6.07) is 4.95. The minimum absolute atomic E-state index is 0.160. The fourth-order valence-corrected chi connectivity index (χ4v) is 5.59. The van der Waals surface area contributed by atoms with Crippen LogP contribution in [0.1, 0.15) is 57.1 Å². The van der Waals surface area contributed by atoms with Gasteiger partial charge in [0.05, 0.1) is 5.39 Å². The van der Waals surface area contributed by atoms with E-state index in [0.29, 0.717) is 41.0 Å². The van der Waals surface area contributed by atoms with Crippen LogP contribution in [-0.4, -0.2) is 44.9 Å². The molecule has 8 nitrogen and oxygen atoms in total. The molecule has 0 N–H and O–H groups in total. The summed E-state index contributed by atoms with van der Waals surface area (Å²) in [4.78, 5) is 58.3. The first kappa shape index (κ1) is 22.4. The number of aromatic nitrogens is 2. The van der Waals surface area contributed by atoms with Gasteiger partial charge in [-0.1, -0.05) is 0 Å². The number of carbonyl (C=O) groups excluding carboxylic acids is 3. The summed E-state index contributed by atoms with van der Waals surface area (Å²) in [7, 11) is 0. The first-order valence-electron chi connectivity index (χ1n) is 11.2. The number of amides is 2. The van der Waals surface area contributed by atoms with Crippen molar-refractivity contribution in [2.45, 2.75) is 51.7 Å². The van der Waals surface area contributed by atoms with E-state index in [1.165, 1.54) is 12.1 Å². The molecule has 34 heavy (non-hydrogen) atoms. The Labute approximate surface area is 198 Å². The lowest BCUT2D eigenvalue weighted by Gasteiger charge is -2.22. The summed E-state index contributed by atoms with van der Waals surface area (Å²) in [6.07, 6.45) is 1.92. The smallest absolute Gasteiger partial charge is 0.349 e. The van der Waals surface area contributed by atoms with Gasteiger partial charge in [-0.3, -0.25) is 23.9 Å². The highest BCUT2D eigenvalue weighted by atomic mass is 32.1. The van der Waals surface area contributed by atoms with Crippen LogP contribution in [0.4, 0.5) is 4.39 Å². The van der Waals surface area contributed by atoms with Crippen LogP contribution in [-0.2, 0) is 22.5 Å². The number of nitrogens with zero attached hydrogens (tertiary/aromatic N) is 3. The number of ether oxygens (including phenoxy) is 1. The fraction of sp³-hybridized carbons (Fsp3) is 0.375. The second-order valence-corrected chi connectivity index (χ2v) is 9.52. The summed E-state index contributed by atoms with van der Waals surface area (Å²) in [5.41, 5.74) is 0.513. The van der Waals surface area contributed by atoms with E-state index in [0.717, 1.165) is 41.2 Å². The molecule has 2 aliphatic heterocycles. The molecule has 10 heteroatoms. The predicted molar refractivity (Wildman–Crippen MR) is 122 cm³/mol. The lowest BCUT2D eigenvalue weighted by molar-refractivity contribution is -0.137. The first-order valence-corrected chi connectivity index (χ1v) is 12.0. The van der Waals surface area contributed by atoms with E-state index >= 15 is 0 Å². The largest absolute Gasteiger partial charge is 0.448 e. The molecule has 0 radical (unpaired) electrons. The van der Waals surface area contributed by atoms with E-state index in [4.69, 9.17) is 4.74 Å². The predicted octanol–water partition coefficient (Wildman–Crippen LogP) is 3.23. The van der Waals surface area contributed by atoms with E-state index in [1.807, 2.05) is 0 Å². The van der Waals surface area contributed by atoms with Crippen LogP contribution in [0.3, 0.4) is 0 Å². The number of carbonyl (C=O) groups is 3. The van der Waals surface area contributed by atoms with Gasteiger partial charge in [0.25, 0.3) is 17.4 Å². The molecule has 2 aliphatic rings. The van der Waals surface area contributed by atoms with Gasteiger partial charge in [-0.15, -0.1) is 11.3 Å². The third-order valence-electron chi connectivity index (χ3n) is 6.32. The Balaban J connectivity index is 1.40. The molecule has 0 bridgehead atoms. The van der Waals surface area contributed by atoms with Crippen molar-refractivity contribution in [3.8, 4) is 0 Å². The van der Waals surface area contributed by atoms with Gasteiger partial charge in [0, 0.05) is 25.1 Å². The maximum Gasteiger partial charge on any atom is 0.349 e. The SMILES string of the molecule is Cc1c(C(=O)O[C@@H]2CCCCN(C(=O)c3ccc(F)cc3)C2=O)sc2nc3n(c(=O)c12)CCC3. The molecular formula is C24H22FN3O5S. The third-order valence-corrected chi connectivity index (χ3v) is 7.49. The number of halogens is 1. The molecule has 0 spiro atoms. The van der Waals surface area contributed by atoms with Crippen LogP contribution >= 0.6 is 11.3 Å². The van der Waals surface area contributed by atoms with Crippen molar-refractivity contribution in [3.63, 3.8) is 0 Å². The summed E-state index contributed by atoms with van der Waals surface area (Å²) in [5, 5.41) is 0.405. The average Bonchev–Trinajstić information content (AvgIpc) is 3.38. The second-order valence-electron chi connectivity index (χ2n) is 8.52. The lowest BCUT2D eigenvalue weighted by Crippen LogP contribution is -2.43. The second kappa shape index (κ2) is 8.75. The first-order chi connectivity index (χ1) is 16.3. The summed E-state index contributed by atoms with van der Waals surface area (Å²) < 4.78 is 20.5. The van der Waals surface area contributed by atoms with Crippen molar-refractivity contribution in [1.82, 2.24) is 14.5 Å². The van der Waals surface area contributed by atoms with E-state index in [2.05, 4.69) is 4.98 Å². The van der Waals surface area contributed by atoms with Gasteiger partial charge in [0.2, 0.25) is 0 Å². The van der Waals surface area contributed by atoms with Gasteiger partial charge in [0.1, 0.15) is 21.3 Å². The van der Waals surface area contributed by atoms with E-state index in [9.17, 15) is 23.6 Å². The minimum Gasteiger partial charge on any atom is -0.448 e. The topological polar surface area (TPSA) is 98.6 Å². The van der Waals surface area contributed by atoms with Crippen LogP contribution in [0.5, 0.6) is 0 Å². The zero-order valence-electron chi connectivity index (χ0n) is 18.5. The molecule has 1 fully saturated rings. The lowest BCUT2D eigenvalue weighted by atomic mass is 10.1. The van der Waals surface area contributed by atoms with Crippen LogP contribution in [0.25, 0.3) is 10.2 Å². The van der Waals surface area contributed by atoms with Crippen molar-refractivity contribution in [1.29, 1.82) is 0 Å². The number of benzene rings is 1. The van der Waals surface area contributed by atoms with Crippen molar-refractivity contribution < 1.29 is 23.5 Å². The number of hydrogen-bond acceptors (Lipinski definition) is 7. The molecule has 4 heterocycles. The molecule has 0 saturated carbocycles. The zero-order chi connectivity index (χ0) is 24.0. The highest BCUT2D eigenvalue weighted by Gasteiger charge is 2.35. The Kier molecular flexibility index (Phi) is 5.76. The number of rotatable bonds is 3. The maximum absolute atomic E-state index is 13.2. The molecule has 1 saturated heterocycles. The third kappa shape index (κ3) is 3.81. The molecule has 1 aromatic carbocycles. The van der Waals surface area contributed by atoms with E-state index < -0.39 is 29.7 Å². The number of likely N-dealkylation sites (tertiary alicyclic amines) is 1. The van der Waals surface area contributed by atoms with Crippen molar-refractivity contribution in [2.75, 3.05) is 6.54 Å². The van der Waals surface area contributed by atoms with E-state index in [-0.39, 0.29) is 29.0 Å². The molecular weight excluding hydrogens is 461 g/mol. The molecule has 2 amide bonds. The Bertz CT molecular complexity index is 1380. The normalized spacial score (nSPS) is 18.1. The monoisotopic (exact) mass is 483 g/mol. The van der Waals surface area contributed by atoms with Crippen LogP contribution in [0.2, 0.25) is 0 Å². The van der Waals surface area contributed by atoms with Gasteiger partial charge in [-0.2, -0.15) is 0 Å². The Morgan fingerprint density at radius 3 is 2.65 bits per heavy atom. The number of esters is 1. The fourth-order valence-electron chi connectivity index (χ4n) is 4.52. The molecule has 0 unspecified atom stereocenters. The van der Waals surface area contributed by atoms with Crippen molar-refractivity contribution >= 4 is 39.3 Å². The molecule has 5 rings (SSSR count). The Morgan fingerprint density at radius 2 is 1.88 bits per heavy atom. The summed E-state index contributed by atoms with van der Waals surface area (Å²) in [5.74, 6) is -1.63. The highest BCUT2D eigenvalue weighted by molar-refractivity contribution is 7.20. The van der Waals surface area contributed by atoms with Crippen molar-refractivity contribution in [3.05, 3.63) is 62.3 Å². The van der Waals surface area contributed by atoms with Gasteiger partial charge >= 0.3 is 5.97 Å². The number of thiophene rings is 1. The minimum atomic E-state index is -1.12. The summed E-state index contributed by atoms with van der Waals surface area (Å²) >= 11 is 1.09. The van der Waals surface area contributed by atoms with Gasteiger partial charge in [-0.25, -0.2) is 14.2 Å². The van der Waals surface area contributed by atoms with Gasteiger partial charge in [0.15, 0.2) is 6.10 Å². The van der Waals surface area contributed by atoms with Crippen LogP contribution in [0.15, 0.2) is 29.1 Å². The standard InChI is InChI=1S/C24H22FN3O5S/c1-13-18-20(26-17-6-4-12-27(17)23(18)31)34-19(13)24(32)33-16-5-2-3-11-28(22(16)30)21(29)14-7-9-15(25)10-8-14/h7-10,16H,2-6,11-12H2,1H3/t16-/m1/s1. The molecule has 3 aromatic rings. The molecule has 0 aliphatic carbocycles. The summed E-state index contributed by atoms with van der Waals surface area (Å²) in [6.45, 7) is 2.48. The number of fused-ring (bicyclic) bond motifs is 2. The van der Waals surface area contributed by atoms with E-state index in [1.54, 1.807) is 11.5 Å². The highest BCUT2D eigenvalue weighted by Crippen LogP contribution is 2.30. The quantitative estimate of drug-likeness (QED) is 0.419. The molecule has 2 aromatic heterocycles.